The molecule has 2 unspecified atom stereocenters. The largest absolute Gasteiger partial charge is 0.361 e. The second kappa shape index (κ2) is 5.83. The first-order chi connectivity index (χ1) is 8.90. The molecule has 0 spiro atoms. The van der Waals surface area contributed by atoms with E-state index in [1.807, 2.05) is 19.9 Å². The molecule has 19 heavy (non-hydrogen) atoms. The Kier molecular flexibility index (Phi) is 4.56. The molecule has 104 valence electrons. The van der Waals surface area contributed by atoms with Gasteiger partial charge in [0.05, 0.1) is 14.4 Å². The lowest BCUT2D eigenvalue weighted by molar-refractivity contribution is 0.389. The van der Waals surface area contributed by atoms with E-state index in [1.165, 1.54) is 11.3 Å². The number of halogens is 2. The monoisotopic (exact) mass is 318 g/mol. The summed E-state index contributed by atoms with van der Waals surface area (Å²) in [6, 6.07) is 2.16. The van der Waals surface area contributed by atoms with E-state index in [0.29, 0.717) is 4.34 Å². The van der Waals surface area contributed by atoms with Gasteiger partial charge in [0.15, 0.2) is 0 Å². The third-order valence-electron chi connectivity index (χ3n) is 3.17. The third kappa shape index (κ3) is 3.14. The van der Waals surface area contributed by atoms with Gasteiger partial charge in [-0.25, -0.2) is 0 Å². The fourth-order valence-electron chi connectivity index (χ4n) is 2.30. The molecule has 0 aliphatic heterocycles. The third-order valence-corrected chi connectivity index (χ3v) is 4.69. The van der Waals surface area contributed by atoms with Gasteiger partial charge in [-0.3, -0.25) is 0 Å². The molecule has 2 heterocycles. The lowest BCUT2D eigenvalue weighted by Crippen LogP contribution is -2.23. The molecule has 2 aromatic heterocycles. The van der Waals surface area contributed by atoms with Crippen molar-refractivity contribution in [1.82, 2.24) is 10.5 Å². The molecule has 0 fully saturated rings. The highest BCUT2D eigenvalue weighted by molar-refractivity contribution is 7.20. The highest BCUT2D eigenvalue weighted by Gasteiger charge is 2.20. The second-order valence-corrected chi connectivity index (χ2v) is 6.91. The average Bonchev–Trinajstić information content (AvgIpc) is 2.81. The molecule has 2 rings (SSSR count). The van der Waals surface area contributed by atoms with Gasteiger partial charge in [-0.15, -0.1) is 11.3 Å². The zero-order valence-corrected chi connectivity index (χ0v) is 13.6. The highest BCUT2D eigenvalue weighted by Crippen LogP contribution is 2.36. The van der Waals surface area contributed by atoms with Crippen molar-refractivity contribution in [2.75, 3.05) is 0 Å². The van der Waals surface area contributed by atoms with Gasteiger partial charge in [-0.2, -0.15) is 0 Å². The number of aromatic nitrogens is 1. The van der Waals surface area contributed by atoms with Crippen LogP contribution in [0.4, 0.5) is 0 Å². The van der Waals surface area contributed by atoms with E-state index in [2.05, 4.69) is 24.3 Å². The minimum atomic E-state index is 0.111. The van der Waals surface area contributed by atoms with Crippen LogP contribution in [0.5, 0.6) is 0 Å². The van der Waals surface area contributed by atoms with Crippen LogP contribution in [0.1, 0.15) is 48.5 Å². The first kappa shape index (κ1) is 14.9. The molecule has 0 radical (unpaired) electrons. The molecule has 6 heteroatoms. The zero-order valence-electron chi connectivity index (χ0n) is 11.3. The predicted molar refractivity (Wildman–Crippen MR) is 80.3 cm³/mol. The van der Waals surface area contributed by atoms with Gasteiger partial charge >= 0.3 is 0 Å². The Morgan fingerprint density at radius 1 is 1.26 bits per heavy atom. The lowest BCUT2D eigenvalue weighted by atomic mass is 10.0. The molecule has 2 atom stereocenters. The molecule has 0 aromatic carbocycles. The van der Waals surface area contributed by atoms with E-state index in [9.17, 15) is 0 Å². The zero-order chi connectivity index (χ0) is 14.2. The van der Waals surface area contributed by atoms with Crippen molar-refractivity contribution in [3.05, 3.63) is 37.3 Å². The summed E-state index contributed by atoms with van der Waals surface area (Å²) in [7, 11) is 0. The Morgan fingerprint density at radius 3 is 2.42 bits per heavy atom. The molecule has 0 amide bonds. The number of nitrogens with zero attached hydrogens (tertiary/aromatic N) is 1. The summed E-state index contributed by atoms with van der Waals surface area (Å²) in [5.41, 5.74) is 3.04. The maximum absolute atomic E-state index is 6.17. The van der Waals surface area contributed by atoms with Gasteiger partial charge in [0.2, 0.25) is 0 Å². The first-order valence-corrected chi connectivity index (χ1v) is 7.61. The molecule has 0 aliphatic carbocycles. The van der Waals surface area contributed by atoms with Gasteiger partial charge in [-0.05, 0) is 39.3 Å². The maximum Gasteiger partial charge on any atom is 0.138 e. The van der Waals surface area contributed by atoms with Crippen molar-refractivity contribution in [3.63, 3.8) is 0 Å². The van der Waals surface area contributed by atoms with E-state index in [0.717, 1.165) is 26.9 Å². The summed E-state index contributed by atoms with van der Waals surface area (Å²) in [5.74, 6) is 0.846. The van der Waals surface area contributed by atoms with Gasteiger partial charge in [0.25, 0.3) is 0 Å². The Hall–Kier alpha value is -0.550. The van der Waals surface area contributed by atoms with Crippen LogP contribution < -0.4 is 5.32 Å². The molecular formula is C13H16Cl2N2OS. The van der Waals surface area contributed by atoms with Crippen LogP contribution in [0, 0.1) is 13.8 Å². The Morgan fingerprint density at radius 2 is 1.95 bits per heavy atom. The number of rotatable bonds is 4. The topological polar surface area (TPSA) is 38.1 Å². The standard InChI is InChI=1S/C13H16Cl2N2OS/c1-6(10-5-11(14)19-13(10)15)16-7(2)12-8(3)17-18-9(12)4/h5-7,16H,1-4H3. The van der Waals surface area contributed by atoms with E-state index in [4.69, 9.17) is 27.7 Å². The minimum absolute atomic E-state index is 0.111. The molecule has 0 bridgehead atoms. The average molecular weight is 319 g/mol. The van der Waals surface area contributed by atoms with Gasteiger partial charge in [0.1, 0.15) is 5.76 Å². The summed E-state index contributed by atoms with van der Waals surface area (Å²) in [5, 5.41) is 7.48. The number of nitrogens with one attached hydrogen (secondary N) is 1. The smallest absolute Gasteiger partial charge is 0.138 e. The fourth-order valence-corrected chi connectivity index (χ4v) is 3.95. The van der Waals surface area contributed by atoms with Crippen molar-refractivity contribution in [2.24, 2.45) is 0 Å². The van der Waals surface area contributed by atoms with Crippen molar-refractivity contribution in [1.29, 1.82) is 0 Å². The van der Waals surface area contributed by atoms with E-state index >= 15 is 0 Å². The molecule has 0 aliphatic rings. The molecule has 0 saturated carbocycles. The Balaban J connectivity index is 2.15. The van der Waals surface area contributed by atoms with Crippen LogP contribution in [-0.4, -0.2) is 5.16 Å². The SMILES string of the molecule is Cc1noc(C)c1C(C)NC(C)c1cc(Cl)sc1Cl. The predicted octanol–water partition coefficient (Wildman–Crippen LogP) is 5.07. The normalized spacial score (nSPS) is 14.6. The molecule has 1 N–H and O–H groups in total. The number of hydrogen-bond acceptors (Lipinski definition) is 4. The summed E-state index contributed by atoms with van der Waals surface area (Å²) in [6.07, 6.45) is 0. The van der Waals surface area contributed by atoms with Crippen LogP contribution in [0.15, 0.2) is 10.6 Å². The second-order valence-electron chi connectivity index (χ2n) is 4.63. The van der Waals surface area contributed by atoms with E-state index < -0.39 is 0 Å². The molecular weight excluding hydrogens is 303 g/mol. The van der Waals surface area contributed by atoms with Crippen molar-refractivity contribution < 1.29 is 4.52 Å². The summed E-state index contributed by atoms with van der Waals surface area (Å²) >= 11 is 13.5. The van der Waals surface area contributed by atoms with Gasteiger partial charge in [-0.1, -0.05) is 28.4 Å². The summed E-state index contributed by atoms with van der Waals surface area (Å²) in [6.45, 7) is 8.03. The highest BCUT2D eigenvalue weighted by atomic mass is 35.5. The van der Waals surface area contributed by atoms with Crippen molar-refractivity contribution >= 4 is 34.5 Å². The summed E-state index contributed by atoms with van der Waals surface area (Å²) in [4.78, 5) is 0. The number of aryl methyl sites for hydroxylation is 2. The van der Waals surface area contributed by atoms with Crippen molar-refractivity contribution in [3.8, 4) is 0 Å². The van der Waals surface area contributed by atoms with Crippen LogP contribution in [0.3, 0.4) is 0 Å². The minimum Gasteiger partial charge on any atom is -0.361 e. The van der Waals surface area contributed by atoms with Gasteiger partial charge < -0.3 is 9.84 Å². The quantitative estimate of drug-likeness (QED) is 0.855. The first-order valence-electron chi connectivity index (χ1n) is 6.03. The fraction of sp³-hybridized carbons (Fsp3) is 0.462. The van der Waals surface area contributed by atoms with Gasteiger partial charge in [0, 0.05) is 17.6 Å². The molecule has 0 saturated heterocycles. The van der Waals surface area contributed by atoms with Crippen LogP contribution in [-0.2, 0) is 0 Å². The molecule has 3 nitrogen and oxygen atoms in total. The molecule has 2 aromatic rings. The lowest BCUT2D eigenvalue weighted by Gasteiger charge is -2.19. The summed E-state index contributed by atoms with van der Waals surface area (Å²) < 4.78 is 6.64. The van der Waals surface area contributed by atoms with Crippen LogP contribution >= 0.6 is 34.5 Å². The Bertz CT molecular complexity index is 560. The van der Waals surface area contributed by atoms with E-state index in [1.54, 1.807) is 0 Å². The van der Waals surface area contributed by atoms with Crippen LogP contribution in [0.25, 0.3) is 0 Å². The maximum atomic E-state index is 6.17. The van der Waals surface area contributed by atoms with E-state index in [-0.39, 0.29) is 12.1 Å². The van der Waals surface area contributed by atoms with Crippen molar-refractivity contribution in [2.45, 2.75) is 39.8 Å². The number of thiophene rings is 1. The van der Waals surface area contributed by atoms with Crippen LogP contribution in [0.2, 0.25) is 8.67 Å². The number of hydrogen-bond donors (Lipinski definition) is 1. The Labute approximate surface area is 126 Å².